The van der Waals surface area contributed by atoms with Crippen LogP contribution in [0.5, 0.6) is 0 Å². The fraction of sp³-hybridized carbons (Fsp3) is 0.545. The summed E-state index contributed by atoms with van der Waals surface area (Å²) in [6.45, 7) is 2.94. The lowest BCUT2D eigenvalue weighted by Gasteiger charge is -2.15. The molecule has 1 N–H and O–H groups in total. The second-order valence-electron chi connectivity index (χ2n) is 4.41. The molecule has 0 aliphatic heterocycles. The van der Waals surface area contributed by atoms with Gasteiger partial charge in [-0.05, 0) is 38.8 Å². The molecule has 1 aromatic rings. The molecular formula is C11H14FNO. The van der Waals surface area contributed by atoms with Crippen LogP contribution in [0.1, 0.15) is 38.1 Å². The monoisotopic (exact) mass is 195 g/mol. The normalized spacial score (nSPS) is 19.4. The van der Waals surface area contributed by atoms with E-state index in [9.17, 15) is 9.50 Å². The van der Waals surface area contributed by atoms with Gasteiger partial charge in [-0.25, -0.2) is 4.39 Å². The van der Waals surface area contributed by atoms with Crippen LogP contribution >= 0.6 is 0 Å². The van der Waals surface area contributed by atoms with E-state index in [2.05, 4.69) is 4.98 Å². The third-order valence-corrected chi connectivity index (χ3v) is 2.56. The van der Waals surface area contributed by atoms with Crippen molar-refractivity contribution in [2.24, 2.45) is 0 Å². The van der Waals surface area contributed by atoms with E-state index in [1.807, 2.05) is 0 Å². The van der Waals surface area contributed by atoms with Crippen molar-refractivity contribution >= 4 is 0 Å². The zero-order valence-corrected chi connectivity index (χ0v) is 8.42. The molecular weight excluding hydrogens is 181 g/mol. The number of pyridine rings is 1. The number of alkyl halides is 1. The number of aromatic nitrogens is 1. The number of nitrogens with zero attached hydrogens (tertiary/aromatic N) is 1. The van der Waals surface area contributed by atoms with E-state index in [0.717, 1.165) is 12.8 Å². The van der Waals surface area contributed by atoms with Crippen molar-refractivity contribution < 1.29 is 9.50 Å². The smallest absolute Gasteiger partial charge is 0.147 e. The van der Waals surface area contributed by atoms with Gasteiger partial charge in [0.25, 0.3) is 0 Å². The van der Waals surface area contributed by atoms with E-state index in [0.29, 0.717) is 11.4 Å². The second-order valence-corrected chi connectivity index (χ2v) is 4.41. The van der Waals surface area contributed by atoms with E-state index < -0.39 is 11.3 Å². The highest BCUT2D eigenvalue weighted by Gasteiger charge is 2.44. The molecule has 76 valence electrons. The molecule has 1 fully saturated rings. The summed E-state index contributed by atoms with van der Waals surface area (Å²) in [7, 11) is 0. The fourth-order valence-corrected chi connectivity index (χ4v) is 1.40. The third kappa shape index (κ3) is 1.64. The summed E-state index contributed by atoms with van der Waals surface area (Å²) in [5.41, 5.74) is -1.24. The minimum absolute atomic E-state index is 0.385. The molecule has 0 saturated heterocycles. The molecule has 2 nitrogen and oxygen atoms in total. The molecule has 14 heavy (non-hydrogen) atoms. The maximum atomic E-state index is 13.6. The van der Waals surface area contributed by atoms with Gasteiger partial charge in [0.2, 0.25) is 0 Å². The Kier molecular flexibility index (Phi) is 1.89. The summed E-state index contributed by atoms with van der Waals surface area (Å²) in [6.07, 6.45) is 1.46. The van der Waals surface area contributed by atoms with Crippen LogP contribution in [-0.4, -0.2) is 10.1 Å². The van der Waals surface area contributed by atoms with Crippen molar-refractivity contribution in [1.82, 2.24) is 4.98 Å². The summed E-state index contributed by atoms with van der Waals surface area (Å²) in [5.74, 6) is 0. The minimum Gasteiger partial charge on any atom is -0.384 e. The predicted octanol–water partition coefficient (Wildman–Crippen LogP) is 2.27. The highest BCUT2D eigenvalue weighted by atomic mass is 19.1. The molecule has 0 unspecified atom stereocenters. The van der Waals surface area contributed by atoms with Gasteiger partial charge in [0, 0.05) is 0 Å². The zero-order chi connectivity index (χ0) is 10.4. The van der Waals surface area contributed by atoms with Crippen LogP contribution in [0.25, 0.3) is 0 Å². The minimum atomic E-state index is -1.44. The molecule has 1 saturated carbocycles. The Morgan fingerprint density at radius 1 is 1.43 bits per heavy atom. The van der Waals surface area contributed by atoms with Gasteiger partial charge in [-0.1, -0.05) is 6.07 Å². The van der Waals surface area contributed by atoms with E-state index in [-0.39, 0.29) is 0 Å². The molecule has 1 aliphatic carbocycles. The molecule has 3 heteroatoms. The van der Waals surface area contributed by atoms with Crippen molar-refractivity contribution in [3.8, 4) is 0 Å². The van der Waals surface area contributed by atoms with Gasteiger partial charge in [0.05, 0.1) is 11.4 Å². The summed E-state index contributed by atoms with van der Waals surface area (Å²) >= 11 is 0. The molecule has 2 rings (SSSR count). The Balaban J connectivity index is 2.37. The van der Waals surface area contributed by atoms with Gasteiger partial charge in [0.15, 0.2) is 0 Å². The van der Waals surface area contributed by atoms with Gasteiger partial charge in [-0.15, -0.1) is 0 Å². The van der Waals surface area contributed by atoms with Crippen molar-refractivity contribution in [2.45, 2.75) is 38.0 Å². The number of halogens is 1. The first kappa shape index (κ1) is 9.59. The Hall–Kier alpha value is -0.960. The standard InChI is InChI=1S/C11H14FNO/c1-10(2,12)8-4-3-5-9(13-8)11(14)6-7-11/h3-5,14H,6-7H2,1-2H3. The summed E-state index contributed by atoms with van der Waals surface area (Å²) in [6, 6.07) is 5.15. The average molecular weight is 195 g/mol. The molecule has 0 amide bonds. The lowest BCUT2D eigenvalue weighted by atomic mass is 10.1. The maximum Gasteiger partial charge on any atom is 0.147 e. The molecule has 0 atom stereocenters. The lowest BCUT2D eigenvalue weighted by Crippen LogP contribution is -2.15. The Morgan fingerprint density at radius 2 is 2.07 bits per heavy atom. The van der Waals surface area contributed by atoms with Crippen LogP contribution in [0, 0.1) is 0 Å². The molecule has 0 spiro atoms. The lowest BCUT2D eigenvalue weighted by molar-refractivity contribution is 0.144. The summed E-state index contributed by atoms with van der Waals surface area (Å²) in [4.78, 5) is 4.15. The fourth-order valence-electron chi connectivity index (χ4n) is 1.40. The Labute approximate surface area is 82.8 Å². The molecule has 0 aromatic carbocycles. The average Bonchev–Trinajstić information content (AvgIpc) is 2.84. The predicted molar refractivity (Wildman–Crippen MR) is 51.5 cm³/mol. The van der Waals surface area contributed by atoms with E-state index in [1.54, 1.807) is 18.2 Å². The molecule has 1 heterocycles. The quantitative estimate of drug-likeness (QED) is 0.785. The van der Waals surface area contributed by atoms with Crippen LogP contribution in [0.2, 0.25) is 0 Å². The first-order valence-corrected chi connectivity index (χ1v) is 4.81. The van der Waals surface area contributed by atoms with Crippen LogP contribution < -0.4 is 0 Å². The highest BCUT2D eigenvalue weighted by molar-refractivity contribution is 5.24. The van der Waals surface area contributed by atoms with Crippen LogP contribution in [0.15, 0.2) is 18.2 Å². The van der Waals surface area contributed by atoms with Crippen LogP contribution in [0.3, 0.4) is 0 Å². The largest absolute Gasteiger partial charge is 0.384 e. The van der Waals surface area contributed by atoms with Crippen molar-refractivity contribution in [3.63, 3.8) is 0 Å². The zero-order valence-electron chi connectivity index (χ0n) is 8.42. The van der Waals surface area contributed by atoms with E-state index in [1.165, 1.54) is 13.8 Å². The van der Waals surface area contributed by atoms with Gasteiger partial charge in [-0.2, -0.15) is 0 Å². The molecule has 0 radical (unpaired) electrons. The van der Waals surface area contributed by atoms with E-state index in [4.69, 9.17) is 0 Å². The van der Waals surface area contributed by atoms with Gasteiger partial charge >= 0.3 is 0 Å². The molecule has 1 aliphatic rings. The summed E-state index contributed by atoms with van der Waals surface area (Å²) < 4.78 is 13.6. The molecule has 1 aromatic heterocycles. The van der Waals surface area contributed by atoms with E-state index >= 15 is 0 Å². The topological polar surface area (TPSA) is 33.1 Å². The van der Waals surface area contributed by atoms with Gasteiger partial charge in [0.1, 0.15) is 11.3 Å². The van der Waals surface area contributed by atoms with Crippen molar-refractivity contribution in [1.29, 1.82) is 0 Å². The third-order valence-electron chi connectivity index (χ3n) is 2.56. The van der Waals surface area contributed by atoms with Crippen LogP contribution in [0.4, 0.5) is 4.39 Å². The number of rotatable bonds is 2. The Morgan fingerprint density at radius 3 is 2.57 bits per heavy atom. The van der Waals surface area contributed by atoms with Gasteiger partial charge < -0.3 is 5.11 Å². The number of aliphatic hydroxyl groups is 1. The SMILES string of the molecule is CC(C)(F)c1cccc(C2(O)CC2)n1. The number of hydrogen-bond acceptors (Lipinski definition) is 2. The number of hydrogen-bond donors (Lipinski definition) is 1. The van der Waals surface area contributed by atoms with Crippen molar-refractivity contribution in [2.75, 3.05) is 0 Å². The first-order valence-electron chi connectivity index (χ1n) is 4.81. The van der Waals surface area contributed by atoms with Gasteiger partial charge in [-0.3, -0.25) is 4.98 Å². The first-order chi connectivity index (χ1) is 6.42. The van der Waals surface area contributed by atoms with Crippen molar-refractivity contribution in [3.05, 3.63) is 29.6 Å². The maximum absolute atomic E-state index is 13.6. The Bertz CT molecular complexity index is 332. The molecule has 0 bridgehead atoms. The summed E-state index contributed by atoms with van der Waals surface area (Å²) in [5, 5.41) is 9.81. The highest BCUT2D eigenvalue weighted by Crippen LogP contribution is 2.44. The van der Waals surface area contributed by atoms with Crippen LogP contribution in [-0.2, 0) is 11.3 Å². The second kappa shape index (κ2) is 2.76.